The van der Waals surface area contributed by atoms with Crippen molar-refractivity contribution in [2.24, 2.45) is 34.0 Å². The van der Waals surface area contributed by atoms with Gasteiger partial charge in [-0.1, -0.05) is 33.8 Å². The molecule has 152 valence electrons. The Labute approximate surface area is 162 Å². The molecule has 0 saturated heterocycles. The van der Waals surface area contributed by atoms with Crippen LogP contribution in [0.5, 0.6) is 0 Å². The lowest BCUT2D eigenvalue weighted by Crippen LogP contribution is -2.63. The zero-order chi connectivity index (χ0) is 20.2. The Kier molecular flexibility index (Phi) is 5.09. The molecule has 27 heavy (non-hydrogen) atoms. The molecular weight excluding hydrogens is 344 g/mol. The Bertz CT molecular complexity index is 645. The Morgan fingerprint density at radius 1 is 1.33 bits per heavy atom. The molecule has 5 heteroatoms. The summed E-state index contributed by atoms with van der Waals surface area (Å²) in [7, 11) is 0. The first kappa shape index (κ1) is 20.5. The van der Waals surface area contributed by atoms with Gasteiger partial charge in [0.25, 0.3) is 0 Å². The molecule has 3 fully saturated rings. The van der Waals surface area contributed by atoms with Crippen LogP contribution in [0.15, 0.2) is 12.7 Å². The first-order chi connectivity index (χ1) is 12.6. The quantitative estimate of drug-likeness (QED) is 0.583. The number of hydrogen-bond acceptors (Lipinski definition) is 5. The number of carbonyl (C=O) groups is 2. The fraction of sp³-hybridized carbons (Fsp3) is 0.818. The number of carbonyl (C=O) groups excluding carboxylic acids is 2. The van der Waals surface area contributed by atoms with Crippen LogP contribution in [0.4, 0.5) is 0 Å². The molecule has 0 spiro atoms. The maximum absolute atomic E-state index is 13.1. The Hall–Kier alpha value is -1.20. The molecule has 3 aliphatic carbocycles. The van der Waals surface area contributed by atoms with Crippen molar-refractivity contribution in [1.29, 1.82) is 0 Å². The van der Waals surface area contributed by atoms with E-state index in [2.05, 4.69) is 27.4 Å². The number of esters is 1. The molecule has 3 saturated carbocycles. The second-order valence-electron chi connectivity index (χ2n) is 9.72. The average molecular weight is 379 g/mol. The molecule has 0 aliphatic heterocycles. The van der Waals surface area contributed by atoms with Crippen molar-refractivity contribution in [2.45, 2.75) is 72.0 Å². The van der Waals surface area contributed by atoms with E-state index < -0.39 is 35.6 Å². The van der Waals surface area contributed by atoms with E-state index in [1.165, 1.54) is 0 Å². The molecule has 0 heterocycles. The van der Waals surface area contributed by atoms with Gasteiger partial charge < -0.3 is 14.9 Å². The minimum absolute atomic E-state index is 0.0433. The van der Waals surface area contributed by atoms with Gasteiger partial charge in [0.15, 0.2) is 0 Å². The first-order valence-corrected chi connectivity index (χ1v) is 10.2. The number of rotatable bonds is 3. The van der Waals surface area contributed by atoms with E-state index in [1.54, 1.807) is 6.08 Å². The molecule has 2 bridgehead atoms. The largest absolute Gasteiger partial charge is 0.460 e. The van der Waals surface area contributed by atoms with Crippen LogP contribution in [0.25, 0.3) is 0 Å². The Balaban J connectivity index is 2.21. The van der Waals surface area contributed by atoms with Crippen LogP contribution in [0.1, 0.15) is 59.8 Å². The highest BCUT2D eigenvalue weighted by Crippen LogP contribution is 2.67. The zero-order valence-electron chi connectivity index (χ0n) is 17.0. The van der Waals surface area contributed by atoms with Gasteiger partial charge in [-0.2, -0.15) is 0 Å². The van der Waals surface area contributed by atoms with E-state index in [-0.39, 0.29) is 29.0 Å². The Morgan fingerprint density at radius 2 is 2.00 bits per heavy atom. The van der Waals surface area contributed by atoms with E-state index in [4.69, 9.17) is 4.74 Å². The van der Waals surface area contributed by atoms with Crippen LogP contribution in [-0.2, 0) is 14.3 Å². The van der Waals surface area contributed by atoms with Gasteiger partial charge in [0, 0.05) is 23.2 Å². The van der Waals surface area contributed by atoms with Gasteiger partial charge in [0.05, 0.1) is 6.10 Å². The summed E-state index contributed by atoms with van der Waals surface area (Å²) in [5.74, 6) is -0.520. The summed E-state index contributed by atoms with van der Waals surface area (Å²) in [6.45, 7) is 11.5. The van der Waals surface area contributed by atoms with Crippen LogP contribution in [0.2, 0.25) is 0 Å². The summed E-state index contributed by atoms with van der Waals surface area (Å²) in [6.07, 6.45) is 4.10. The van der Waals surface area contributed by atoms with Crippen molar-refractivity contribution in [1.82, 2.24) is 0 Å². The molecule has 0 aromatic rings. The maximum Gasteiger partial charge on any atom is 0.332 e. The van der Waals surface area contributed by atoms with E-state index >= 15 is 0 Å². The molecule has 3 aliphatic rings. The van der Waals surface area contributed by atoms with Crippen LogP contribution in [-0.4, -0.2) is 40.8 Å². The molecular formula is C22H34O5. The highest BCUT2D eigenvalue weighted by molar-refractivity contribution is 5.85. The number of ketones is 1. The molecule has 5 nitrogen and oxygen atoms in total. The van der Waals surface area contributed by atoms with E-state index in [0.717, 1.165) is 19.3 Å². The maximum atomic E-state index is 13.1. The van der Waals surface area contributed by atoms with Gasteiger partial charge >= 0.3 is 5.97 Å². The summed E-state index contributed by atoms with van der Waals surface area (Å²) < 4.78 is 5.77. The van der Waals surface area contributed by atoms with Crippen molar-refractivity contribution < 1.29 is 24.5 Å². The minimum atomic E-state index is -0.686. The molecule has 0 radical (unpaired) electrons. The number of aliphatic hydroxyl groups is 2. The summed E-state index contributed by atoms with van der Waals surface area (Å²) >= 11 is 0. The molecule has 2 N–H and O–H groups in total. The third-order valence-corrected chi connectivity index (χ3v) is 8.70. The molecule has 3 rings (SSSR count). The summed E-state index contributed by atoms with van der Waals surface area (Å²) in [6, 6.07) is 0. The predicted molar refractivity (Wildman–Crippen MR) is 102 cm³/mol. The van der Waals surface area contributed by atoms with Gasteiger partial charge in [0.1, 0.15) is 18.5 Å². The van der Waals surface area contributed by atoms with Gasteiger partial charge in [-0.15, -0.1) is 6.58 Å². The van der Waals surface area contributed by atoms with Gasteiger partial charge in [0.2, 0.25) is 0 Å². The lowest BCUT2D eigenvalue weighted by atomic mass is 9.44. The minimum Gasteiger partial charge on any atom is -0.460 e. The van der Waals surface area contributed by atoms with E-state index in [0.29, 0.717) is 12.8 Å². The van der Waals surface area contributed by atoms with Crippen molar-refractivity contribution in [2.75, 3.05) is 6.61 Å². The highest BCUT2D eigenvalue weighted by Gasteiger charge is 2.68. The molecule has 8 atom stereocenters. The van der Waals surface area contributed by atoms with Crippen molar-refractivity contribution in [3.8, 4) is 0 Å². The molecule has 0 aromatic carbocycles. The lowest BCUT2D eigenvalue weighted by Gasteiger charge is -2.61. The van der Waals surface area contributed by atoms with Crippen molar-refractivity contribution in [3.05, 3.63) is 12.7 Å². The monoisotopic (exact) mass is 378 g/mol. The second-order valence-corrected chi connectivity index (χ2v) is 9.72. The number of hydrogen-bond donors (Lipinski definition) is 2. The summed E-state index contributed by atoms with van der Waals surface area (Å²) in [5, 5.41) is 20.6. The normalized spacial score (nSPS) is 49.7. The van der Waals surface area contributed by atoms with Crippen LogP contribution in [0, 0.1) is 34.0 Å². The molecule has 0 aromatic heterocycles. The fourth-order valence-corrected chi connectivity index (χ4v) is 6.70. The van der Waals surface area contributed by atoms with Crippen LogP contribution < -0.4 is 0 Å². The average Bonchev–Trinajstić information content (AvgIpc) is 3.00. The number of ether oxygens (including phenoxy) is 1. The fourth-order valence-electron chi connectivity index (χ4n) is 6.70. The van der Waals surface area contributed by atoms with Crippen molar-refractivity contribution in [3.63, 3.8) is 0 Å². The molecule has 6 unspecified atom stereocenters. The standard InChI is InChI=1S/C22H34O5/c1-6-20(4)11-16(27-17(25)12-23)21(5)13(2)7-9-22(14(3)19(20)26)10-8-15(24)18(21)22/h6,13-14,16,18-19,23,26H,1,7-12H2,2-5H3/t13?,14-,16+,18?,19?,20?,21?,22?/m0/s1. The number of aliphatic hydroxyl groups excluding tert-OH is 2. The topological polar surface area (TPSA) is 83.8 Å². The third kappa shape index (κ3) is 2.72. The van der Waals surface area contributed by atoms with Crippen molar-refractivity contribution >= 4 is 11.8 Å². The second kappa shape index (κ2) is 6.70. The highest BCUT2D eigenvalue weighted by atomic mass is 16.6. The third-order valence-electron chi connectivity index (χ3n) is 8.70. The zero-order valence-corrected chi connectivity index (χ0v) is 17.0. The first-order valence-electron chi connectivity index (χ1n) is 10.2. The Morgan fingerprint density at radius 3 is 2.59 bits per heavy atom. The molecule has 0 amide bonds. The summed E-state index contributed by atoms with van der Waals surface area (Å²) in [5.41, 5.74) is -1.43. The summed E-state index contributed by atoms with van der Waals surface area (Å²) in [4.78, 5) is 25.2. The smallest absolute Gasteiger partial charge is 0.332 e. The lowest BCUT2D eigenvalue weighted by molar-refractivity contribution is -0.207. The van der Waals surface area contributed by atoms with Gasteiger partial charge in [-0.3, -0.25) is 4.79 Å². The SMILES string of the molecule is C=CC1(C)C[C@@H](OC(=O)CO)C2(C)C(C)CCC3(CCC(=O)C32)[C@@H](C)C1O. The van der Waals surface area contributed by atoms with Crippen LogP contribution in [0.3, 0.4) is 0 Å². The predicted octanol–water partition coefficient (Wildman–Crippen LogP) is 2.89. The van der Waals surface area contributed by atoms with Gasteiger partial charge in [-0.05, 0) is 42.9 Å². The van der Waals surface area contributed by atoms with Crippen LogP contribution >= 0.6 is 0 Å². The van der Waals surface area contributed by atoms with Gasteiger partial charge in [-0.25, -0.2) is 4.79 Å². The van der Waals surface area contributed by atoms with E-state index in [9.17, 15) is 19.8 Å². The number of Topliss-reactive ketones (excluding diaryl/α,β-unsaturated/α-hetero) is 1. The van der Waals surface area contributed by atoms with E-state index in [1.807, 2.05) is 6.92 Å².